The van der Waals surface area contributed by atoms with Gasteiger partial charge in [0.05, 0.1) is 13.2 Å². The minimum Gasteiger partial charge on any atom is -0.378 e. The van der Waals surface area contributed by atoms with E-state index in [1.165, 1.54) is 0 Å². The molecule has 2 aliphatic heterocycles. The first-order valence-corrected chi connectivity index (χ1v) is 10.5. The lowest BCUT2D eigenvalue weighted by Crippen LogP contribution is -2.40. The molecule has 31 heavy (non-hydrogen) atoms. The van der Waals surface area contributed by atoms with Crippen LogP contribution in [0, 0.1) is 0 Å². The Labute approximate surface area is 185 Å². The molecule has 2 aromatic rings. The molecule has 0 saturated carbocycles. The first-order chi connectivity index (χ1) is 15.0. The molecule has 7 nitrogen and oxygen atoms in total. The average molecular weight is 440 g/mol. The number of hydrogen-bond donors (Lipinski definition) is 1. The zero-order valence-corrected chi connectivity index (χ0v) is 17.6. The molecule has 0 aromatic heterocycles. The lowest BCUT2D eigenvalue weighted by atomic mass is 10.1. The van der Waals surface area contributed by atoms with Crippen molar-refractivity contribution in [3.8, 4) is 0 Å². The number of nitrogens with one attached hydrogen (secondary N) is 1. The van der Waals surface area contributed by atoms with Gasteiger partial charge in [-0.3, -0.25) is 19.3 Å². The highest BCUT2D eigenvalue weighted by Gasteiger charge is 2.37. The first-order valence-electron chi connectivity index (χ1n) is 10.1. The number of halogens is 1. The first kappa shape index (κ1) is 21.1. The Balaban J connectivity index is 1.45. The Morgan fingerprint density at radius 1 is 1.00 bits per heavy atom. The topological polar surface area (TPSA) is 79.0 Å². The number of carbonyl (C=O) groups is 3. The third-order valence-corrected chi connectivity index (χ3v) is 5.61. The van der Waals surface area contributed by atoms with Crippen molar-refractivity contribution < 1.29 is 19.1 Å². The normalized spacial score (nSPS) is 16.8. The molecular weight excluding hydrogens is 418 g/mol. The van der Waals surface area contributed by atoms with Crippen molar-refractivity contribution in [2.24, 2.45) is 0 Å². The van der Waals surface area contributed by atoms with E-state index in [1.54, 1.807) is 29.2 Å². The molecule has 0 spiro atoms. The van der Waals surface area contributed by atoms with Crippen molar-refractivity contribution in [3.05, 3.63) is 76.5 Å². The molecule has 160 valence electrons. The lowest BCUT2D eigenvalue weighted by Gasteiger charge is -2.27. The van der Waals surface area contributed by atoms with E-state index in [1.807, 2.05) is 30.3 Å². The molecule has 0 aliphatic carbocycles. The fourth-order valence-corrected chi connectivity index (χ4v) is 3.80. The number of benzene rings is 2. The van der Waals surface area contributed by atoms with Gasteiger partial charge in [-0.05, 0) is 30.2 Å². The van der Waals surface area contributed by atoms with E-state index in [9.17, 15) is 14.4 Å². The van der Waals surface area contributed by atoms with Gasteiger partial charge in [-0.15, -0.1) is 0 Å². The van der Waals surface area contributed by atoms with Crippen molar-refractivity contribution in [1.29, 1.82) is 0 Å². The van der Waals surface area contributed by atoms with E-state index in [4.69, 9.17) is 16.3 Å². The van der Waals surface area contributed by atoms with Crippen LogP contribution in [0.15, 0.2) is 65.3 Å². The molecule has 0 unspecified atom stereocenters. The lowest BCUT2D eigenvalue weighted by molar-refractivity contribution is -0.137. The number of nitrogens with zero attached hydrogens (tertiary/aromatic N) is 2. The summed E-state index contributed by atoms with van der Waals surface area (Å²) in [6.45, 7) is 2.34. The summed E-state index contributed by atoms with van der Waals surface area (Å²) in [6, 6.07) is 16.4. The van der Waals surface area contributed by atoms with Gasteiger partial charge in [-0.1, -0.05) is 48.0 Å². The van der Waals surface area contributed by atoms with Crippen LogP contribution < -0.4 is 5.32 Å². The number of rotatable bonds is 6. The van der Waals surface area contributed by atoms with E-state index in [2.05, 4.69) is 5.32 Å². The molecule has 0 atom stereocenters. The SMILES string of the molecule is O=C(c1cccc(NC2=C(Cl)C(=O)N(CCc3ccccc3)C2=O)c1)N1CCOCC1. The molecule has 0 radical (unpaired) electrons. The molecule has 2 heterocycles. The Kier molecular flexibility index (Phi) is 6.34. The highest BCUT2D eigenvalue weighted by molar-refractivity contribution is 6.48. The molecule has 8 heteroatoms. The van der Waals surface area contributed by atoms with Gasteiger partial charge < -0.3 is 15.0 Å². The number of imide groups is 1. The molecule has 1 fully saturated rings. The number of ether oxygens (including phenoxy) is 1. The Morgan fingerprint density at radius 2 is 1.74 bits per heavy atom. The van der Waals surface area contributed by atoms with Crippen molar-refractivity contribution >= 4 is 35.0 Å². The van der Waals surface area contributed by atoms with E-state index >= 15 is 0 Å². The number of carbonyl (C=O) groups excluding carboxylic acids is 3. The fraction of sp³-hybridized carbons (Fsp3) is 0.261. The monoisotopic (exact) mass is 439 g/mol. The summed E-state index contributed by atoms with van der Waals surface area (Å²) in [4.78, 5) is 40.9. The number of amides is 3. The zero-order valence-electron chi connectivity index (χ0n) is 16.8. The average Bonchev–Trinajstić information content (AvgIpc) is 3.01. The van der Waals surface area contributed by atoms with Gasteiger partial charge in [0.15, 0.2) is 0 Å². The van der Waals surface area contributed by atoms with Crippen LogP contribution in [0.5, 0.6) is 0 Å². The van der Waals surface area contributed by atoms with Crippen LogP contribution in [-0.2, 0) is 20.7 Å². The van der Waals surface area contributed by atoms with Gasteiger partial charge in [0, 0.05) is 30.9 Å². The van der Waals surface area contributed by atoms with Crippen LogP contribution in [0.4, 0.5) is 5.69 Å². The summed E-state index contributed by atoms with van der Waals surface area (Å²) in [5.74, 6) is -1.10. The van der Waals surface area contributed by atoms with Crippen LogP contribution in [0.1, 0.15) is 15.9 Å². The summed E-state index contributed by atoms with van der Waals surface area (Å²) in [7, 11) is 0. The standard InChI is InChI=1S/C23H22ClN3O4/c24-19-20(23(30)27(22(19)29)10-9-16-5-2-1-3-6-16)25-18-8-4-7-17(15-18)21(28)26-11-13-31-14-12-26/h1-8,15,25H,9-14H2. The minimum atomic E-state index is -0.523. The van der Waals surface area contributed by atoms with E-state index in [-0.39, 0.29) is 23.2 Å². The van der Waals surface area contributed by atoms with Crippen LogP contribution in [0.3, 0.4) is 0 Å². The Bertz CT molecular complexity index is 1030. The van der Waals surface area contributed by atoms with Gasteiger partial charge in [-0.25, -0.2) is 0 Å². The molecule has 2 aromatic carbocycles. The zero-order chi connectivity index (χ0) is 21.8. The van der Waals surface area contributed by atoms with Crippen LogP contribution in [-0.4, -0.2) is 60.4 Å². The number of morpholine rings is 1. The number of hydrogen-bond acceptors (Lipinski definition) is 5. The molecule has 2 aliphatic rings. The van der Waals surface area contributed by atoms with E-state index in [0.29, 0.717) is 44.0 Å². The summed E-state index contributed by atoms with van der Waals surface area (Å²) in [6.07, 6.45) is 0.541. The van der Waals surface area contributed by atoms with E-state index < -0.39 is 11.8 Å². The second kappa shape index (κ2) is 9.32. The minimum absolute atomic E-state index is 0.0238. The predicted octanol–water partition coefficient (Wildman–Crippen LogP) is 2.63. The maximum atomic E-state index is 12.8. The Morgan fingerprint density at radius 3 is 2.48 bits per heavy atom. The molecular formula is C23H22ClN3O4. The summed E-state index contributed by atoms with van der Waals surface area (Å²) < 4.78 is 5.29. The van der Waals surface area contributed by atoms with Crippen molar-refractivity contribution in [3.63, 3.8) is 0 Å². The van der Waals surface area contributed by atoms with Crippen LogP contribution >= 0.6 is 11.6 Å². The second-order valence-corrected chi connectivity index (χ2v) is 7.67. The van der Waals surface area contributed by atoms with Crippen molar-refractivity contribution in [2.75, 3.05) is 38.2 Å². The maximum absolute atomic E-state index is 12.8. The highest BCUT2D eigenvalue weighted by atomic mass is 35.5. The number of anilines is 1. The summed E-state index contributed by atoms with van der Waals surface area (Å²) in [5, 5.41) is 2.79. The van der Waals surface area contributed by atoms with Gasteiger partial charge in [-0.2, -0.15) is 0 Å². The summed E-state index contributed by atoms with van der Waals surface area (Å²) >= 11 is 6.19. The van der Waals surface area contributed by atoms with Crippen LogP contribution in [0.2, 0.25) is 0 Å². The van der Waals surface area contributed by atoms with Gasteiger partial charge in [0.25, 0.3) is 17.7 Å². The van der Waals surface area contributed by atoms with E-state index in [0.717, 1.165) is 10.5 Å². The third-order valence-electron chi connectivity index (χ3n) is 5.26. The smallest absolute Gasteiger partial charge is 0.278 e. The third kappa shape index (κ3) is 4.62. The molecule has 1 N–H and O–H groups in total. The largest absolute Gasteiger partial charge is 0.378 e. The van der Waals surface area contributed by atoms with Crippen molar-refractivity contribution in [2.45, 2.75) is 6.42 Å². The maximum Gasteiger partial charge on any atom is 0.278 e. The molecule has 1 saturated heterocycles. The fourth-order valence-electron chi connectivity index (χ4n) is 3.57. The Hall–Kier alpha value is -3.16. The quantitative estimate of drug-likeness (QED) is 0.700. The highest BCUT2D eigenvalue weighted by Crippen LogP contribution is 2.26. The van der Waals surface area contributed by atoms with Crippen molar-refractivity contribution in [1.82, 2.24) is 9.80 Å². The predicted molar refractivity (Wildman–Crippen MR) is 117 cm³/mol. The molecule has 3 amide bonds. The van der Waals surface area contributed by atoms with Gasteiger partial charge >= 0.3 is 0 Å². The summed E-state index contributed by atoms with van der Waals surface area (Å²) in [5.41, 5.74) is 2.05. The van der Waals surface area contributed by atoms with Gasteiger partial charge in [0.1, 0.15) is 10.7 Å². The molecule has 4 rings (SSSR count). The second-order valence-electron chi connectivity index (χ2n) is 7.30. The molecule has 0 bridgehead atoms. The van der Waals surface area contributed by atoms with Crippen LogP contribution in [0.25, 0.3) is 0 Å². The van der Waals surface area contributed by atoms with Gasteiger partial charge in [0.2, 0.25) is 0 Å².